The van der Waals surface area contributed by atoms with Crippen LogP contribution in [0.3, 0.4) is 0 Å². The average Bonchev–Trinajstić information content (AvgIpc) is 3.20. The number of nitrogens with one attached hydrogen (secondary N) is 2. The first kappa shape index (κ1) is 21.4. The molecule has 0 saturated heterocycles. The van der Waals surface area contributed by atoms with Gasteiger partial charge in [0.2, 0.25) is 0 Å². The van der Waals surface area contributed by atoms with Gasteiger partial charge in [0.15, 0.2) is 6.61 Å². The van der Waals surface area contributed by atoms with Crippen molar-refractivity contribution in [2.75, 3.05) is 13.7 Å². The Morgan fingerprint density at radius 2 is 1.90 bits per heavy atom. The van der Waals surface area contributed by atoms with Gasteiger partial charge >= 0.3 is 11.9 Å². The SMILES string of the molecule is CCc1[nH]c(C(=O)OCC(=O)N[C@@H]2C[C@H]3CC[C@@]2(C)C3(C)C)c(C)c1C(=O)OC. The molecule has 2 N–H and O–H groups in total. The standard InChI is InChI=1S/C22H32N2O5/c1-7-14-17(19(26)28-6)12(2)18(23-14)20(27)29-11-16(25)24-15-10-13-8-9-22(15,5)21(13,3)4/h13,15,23H,7-11H2,1-6H3,(H,24,25)/t13-,15-,22-/m1/s1. The van der Waals surface area contributed by atoms with Crippen LogP contribution in [0.25, 0.3) is 0 Å². The molecule has 7 heteroatoms. The number of aromatic nitrogens is 1. The fourth-order valence-corrected chi connectivity index (χ4v) is 5.37. The van der Waals surface area contributed by atoms with Crippen molar-refractivity contribution in [1.29, 1.82) is 0 Å². The molecule has 1 heterocycles. The highest BCUT2D eigenvalue weighted by atomic mass is 16.5. The molecule has 3 atom stereocenters. The van der Waals surface area contributed by atoms with Gasteiger partial charge in [-0.2, -0.15) is 0 Å². The second-order valence-electron chi connectivity index (χ2n) is 9.13. The fourth-order valence-electron chi connectivity index (χ4n) is 5.37. The lowest BCUT2D eigenvalue weighted by molar-refractivity contribution is -0.126. The van der Waals surface area contributed by atoms with E-state index in [1.807, 2.05) is 6.92 Å². The maximum absolute atomic E-state index is 12.5. The highest BCUT2D eigenvalue weighted by Crippen LogP contribution is 2.65. The van der Waals surface area contributed by atoms with E-state index in [0.717, 1.165) is 12.8 Å². The summed E-state index contributed by atoms with van der Waals surface area (Å²) in [4.78, 5) is 39.9. The van der Waals surface area contributed by atoms with E-state index in [9.17, 15) is 14.4 Å². The Bertz CT molecular complexity index is 841. The number of aromatic amines is 1. The largest absolute Gasteiger partial charge is 0.465 e. The lowest BCUT2D eigenvalue weighted by Gasteiger charge is -2.39. The van der Waals surface area contributed by atoms with Crippen molar-refractivity contribution in [3.8, 4) is 0 Å². The smallest absolute Gasteiger partial charge is 0.355 e. The molecule has 2 saturated carbocycles. The quantitative estimate of drug-likeness (QED) is 0.710. The van der Waals surface area contributed by atoms with Gasteiger partial charge in [0.05, 0.1) is 12.7 Å². The number of ether oxygens (including phenoxy) is 2. The van der Waals surface area contributed by atoms with E-state index in [2.05, 4.69) is 31.1 Å². The number of carbonyl (C=O) groups excluding carboxylic acids is 3. The van der Waals surface area contributed by atoms with Crippen molar-refractivity contribution in [2.24, 2.45) is 16.7 Å². The molecule has 0 aliphatic heterocycles. The highest BCUT2D eigenvalue weighted by molar-refractivity contribution is 5.99. The first-order chi connectivity index (χ1) is 13.6. The summed E-state index contributed by atoms with van der Waals surface area (Å²) in [5, 5.41) is 3.08. The van der Waals surface area contributed by atoms with Gasteiger partial charge in [-0.25, -0.2) is 9.59 Å². The number of carbonyl (C=O) groups is 3. The molecule has 29 heavy (non-hydrogen) atoms. The third-order valence-electron chi connectivity index (χ3n) is 7.74. The van der Waals surface area contributed by atoms with Crippen LogP contribution in [-0.4, -0.2) is 42.6 Å². The summed E-state index contributed by atoms with van der Waals surface area (Å²) in [6.07, 6.45) is 3.82. The van der Waals surface area contributed by atoms with E-state index in [1.165, 1.54) is 13.5 Å². The van der Waals surface area contributed by atoms with Crippen LogP contribution in [0, 0.1) is 23.7 Å². The van der Waals surface area contributed by atoms with Crippen molar-refractivity contribution in [2.45, 2.75) is 66.3 Å². The molecule has 2 aliphatic rings. The summed E-state index contributed by atoms with van der Waals surface area (Å²) in [6.45, 7) is 10.0. The molecule has 1 aromatic rings. The molecule has 2 fully saturated rings. The van der Waals surface area contributed by atoms with Crippen molar-refractivity contribution in [1.82, 2.24) is 10.3 Å². The topological polar surface area (TPSA) is 97.5 Å². The molecule has 3 rings (SSSR count). The maximum atomic E-state index is 12.5. The van der Waals surface area contributed by atoms with Gasteiger partial charge in [0.1, 0.15) is 5.69 Å². The van der Waals surface area contributed by atoms with Crippen molar-refractivity contribution in [3.63, 3.8) is 0 Å². The lowest BCUT2D eigenvalue weighted by Crippen LogP contribution is -2.48. The van der Waals surface area contributed by atoms with Crippen LogP contribution in [0.4, 0.5) is 0 Å². The Hall–Kier alpha value is -2.31. The van der Waals surface area contributed by atoms with Crippen LogP contribution >= 0.6 is 0 Å². The number of esters is 2. The fraction of sp³-hybridized carbons (Fsp3) is 0.682. The summed E-state index contributed by atoms with van der Waals surface area (Å²) >= 11 is 0. The van der Waals surface area contributed by atoms with Crippen LogP contribution in [0.2, 0.25) is 0 Å². The summed E-state index contributed by atoms with van der Waals surface area (Å²) < 4.78 is 10.0. The monoisotopic (exact) mass is 404 g/mol. The Morgan fingerprint density at radius 1 is 1.21 bits per heavy atom. The molecule has 2 bridgehead atoms. The number of H-pyrrole nitrogens is 1. The van der Waals surface area contributed by atoms with Crippen LogP contribution in [-0.2, 0) is 20.7 Å². The molecule has 0 spiro atoms. The summed E-state index contributed by atoms with van der Waals surface area (Å²) in [7, 11) is 1.30. The van der Waals surface area contributed by atoms with E-state index in [4.69, 9.17) is 9.47 Å². The number of amides is 1. The van der Waals surface area contributed by atoms with Crippen molar-refractivity contribution in [3.05, 3.63) is 22.5 Å². The number of rotatable bonds is 6. The highest BCUT2D eigenvalue weighted by Gasteiger charge is 2.61. The van der Waals surface area contributed by atoms with Gasteiger partial charge < -0.3 is 19.8 Å². The third-order valence-corrected chi connectivity index (χ3v) is 7.74. The zero-order valence-corrected chi connectivity index (χ0v) is 18.2. The number of methoxy groups -OCH3 is 1. The van der Waals surface area contributed by atoms with Gasteiger partial charge in [-0.3, -0.25) is 4.79 Å². The van der Waals surface area contributed by atoms with Gasteiger partial charge in [0, 0.05) is 11.7 Å². The van der Waals surface area contributed by atoms with Crippen LogP contribution in [0.1, 0.15) is 79.1 Å². The zero-order valence-electron chi connectivity index (χ0n) is 18.2. The lowest BCUT2D eigenvalue weighted by atomic mass is 9.69. The first-order valence-corrected chi connectivity index (χ1v) is 10.3. The molecule has 1 amide bonds. The summed E-state index contributed by atoms with van der Waals surface area (Å²) in [5.74, 6) is -0.825. The van der Waals surface area contributed by atoms with Crippen molar-refractivity contribution >= 4 is 17.8 Å². The number of hydrogen-bond acceptors (Lipinski definition) is 5. The van der Waals surface area contributed by atoms with Gasteiger partial charge in [-0.15, -0.1) is 0 Å². The van der Waals surface area contributed by atoms with E-state index in [1.54, 1.807) is 6.92 Å². The van der Waals surface area contributed by atoms with E-state index >= 15 is 0 Å². The average molecular weight is 405 g/mol. The number of fused-ring (bicyclic) bond motifs is 2. The number of aryl methyl sites for hydroxylation is 1. The van der Waals surface area contributed by atoms with Crippen LogP contribution in [0.5, 0.6) is 0 Å². The second-order valence-corrected chi connectivity index (χ2v) is 9.13. The third kappa shape index (κ3) is 3.34. The Balaban J connectivity index is 1.62. The molecule has 1 aromatic heterocycles. The van der Waals surface area contributed by atoms with Crippen LogP contribution in [0.15, 0.2) is 0 Å². The summed E-state index contributed by atoms with van der Waals surface area (Å²) in [6, 6.07) is 0.104. The molecule has 0 unspecified atom stereocenters. The van der Waals surface area contributed by atoms with E-state index < -0.39 is 11.9 Å². The van der Waals surface area contributed by atoms with Gasteiger partial charge in [0.25, 0.3) is 5.91 Å². The molecule has 2 aliphatic carbocycles. The molecular formula is C22H32N2O5. The minimum atomic E-state index is -0.651. The summed E-state index contributed by atoms with van der Waals surface area (Å²) in [5.41, 5.74) is 1.89. The zero-order chi connectivity index (χ0) is 21.6. The van der Waals surface area contributed by atoms with Gasteiger partial charge in [-0.1, -0.05) is 27.7 Å². The number of hydrogen-bond donors (Lipinski definition) is 2. The molecule has 7 nitrogen and oxygen atoms in total. The van der Waals surface area contributed by atoms with Crippen LogP contribution < -0.4 is 5.32 Å². The Labute approximate surface area is 171 Å². The maximum Gasteiger partial charge on any atom is 0.355 e. The Morgan fingerprint density at radius 3 is 2.41 bits per heavy atom. The van der Waals surface area contributed by atoms with Crippen molar-refractivity contribution < 1.29 is 23.9 Å². The molecule has 0 aromatic carbocycles. The molecule has 0 radical (unpaired) electrons. The minimum Gasteiger partial charge on any atom is -0.465 e. The first-order valence-electron chi connectivity index (χ1n) is 10.3. The molecule has 160 valence electrons. The molecular weight excluding hydrogens is 372 g/mol. The normalized spacial score (nSPS) is 27.0. The van der Waals surface area contributed by atoms with E-state index in [-0.39, 0.29) is 35.1 Å². The predicted molar refractivity (Wildman–Crippen MR) is 108 cm³/mol. The predicted octanol–water partition coefficient (Wildman–Crippen LogP) is 3.16. The Kier molecular flexibility index (Phi) is 5.54. The second kappa shape index (κ2) is 7.50. The minimum absolute atomic E-state index is 0.0683. The van der Waals surface area contributed by atoms with E-state index in [0.29, 0.717) is 29.2 Å². The van der Waals surface area contributed by atoms with Gasteiger partial charge in [-0.05, 0) is 54.9 Å².